The van der Waals surface area contributed by atoms with Crippen molar-refractivity contribution in [2.45, 2.75) is 141 Å². The molecule has 0 amide bonds. The second kappa shape index (κ2) is 32.1. The number of ether oxygens (including phenoxy) is 8. The predicted octanol–water partition coefficient (Wildman–Crippen LogP) is 13.7. The molecule has 83 heavy (non-hydrogen) atoms. The molecule has 16 heteroatoms. The molecule has 2 aliphatic carbocycles. The Morgan fingerprint density at radius 1 is 0.518 bits per heavy atom. The first-order valence-electron chi connectivity index (χ1n) is 29.3. The topological polar surface area (TPSA) is 189 Å². The first-order chi connectivity index (χ1) is 40.5. The largest absolute Gasteiger partial charge is 0.494 e. The van der Waals surface area contributed by atoms with E-state index in [1.807, 2.05) is 72.8 Å². The zero-order valence-electron chi connectivity index (χ0n) is 47.2. The minimum Gasteiger partial charge on any atom is -0.494 e. The lowest BCUT2D eigenvalue weighted by atomic mass is 9.87. The van der Waals surface area contributed by atoms with Crippen LogP contribution in [0.15, 0.2) is 128 Å². The van der Waals surface area contributed by atoms with Gasteiger partial charge < -0.3 is 37.9 Å². The minimum absolute atomic E-state index is 0.234. The molecule has 4 aromatic carbocycles. The van der Waals surface area contributed by atoms with Crippen molar-refractivity contribution in [1.82, 2.24) is 4.98 Å². The number of hydrogen-bond acceptors (Lipinski definition) is 16. The third-order valence-electron chi connectivity index (χ3n) is 15.0. The summed E-state index contributed by atoms with van der Waals surface area (Å²) in [6.45, 7) is 8.75. The summed E-state index contributed by atoms with van der Waals surface area (Å²) >= 11 is 1.61. The number of hydrogen-bond donors (Lipinski definition) is 0. The number of thiophene rings is 1. The average molecular weight is 1150 g/mol. The van der Waals surface area contributed by atoms with Gasteiger partial charge in [-0.05, 0) is 193 Å². The first kappa shape index (κ1) is 61.2. The summed E-state index contributed by atoms with van der Waals surface area (Å²) in [4.78, 5) is 81.8. The molecule has 0 unspecified atom stereocenters. The van der Waals surface area contributed by atoms with E-state index in [-0.39, 0.29) is 48.7 Å². The summed E-state index contributed by atoms with van der Waals surface area (Å²) in [7, 11) is 0. The highest BCUT2D eigenvalue weighted by Gasteiger charge is 2.32. The van der Waals surface area contributed by atoms with Crippen molar-refractivity contribution in [2.24, 2.45) is 11.8 Å². The van der Waals surface area contributed by atoms with Crippen molar-refractivity contribution in [3.05, 3.63) is 140 Å². The molecule has 0 bridgehead atoms. The summed E-state index contributed by atoms with van der Waals surface area (Å²) in [5.74, 6) is -0.844. The highest BCUT2D eigenvalue weighted by molar-refractivity contribution is 7.22. The molecule has 438 valence electrons. The second-order valence-corrected chi connectivity index (χ2v) is 22.2. The van der Waals surface area contributed by atoms with E-state index < -0.39 is 29.7 Å². The molecule has 0 aliphatic heterocycles. The minimum atomic E-state index is -0.409. The molecule has 8 rings (SSSR count). The van der Waals surface area contributed by atoms with Crippen LogP contribution in [0.4, 0.5) is 0 Å². The molecule has 0 N–H and O–H groups in total. The van der Waals surface area contributed by atoms with Crippen LogP contribution >= 0.6 is 11.3 Å². The van der Waals surface area contributed by atoms with Gasteiger partial charge >= 0.3 is 35.8 Å². The van der Waals surface area contributed by atoms with Gasteiger partial charge in [0.1, 0.15) is 35.0 Å². The van der Waals surface area contributed by atoms with Crippen molar-refractivity contribution >= 4 is 68.1 Å². The number of nitrogens with zero attached hydrogens (tertiary/aromatic N) is 1. The second-order valence-electron chi connectivity index (χ2n) is 21.1. The summed E-state index contributed by atoms with van der Waals surface area (Å²) in [5.41, 5.74) is 3.08. The molecule has 2 aromatic heterocycles. The molecule has 2 fully saturated rings. The van der Waals surface area contributed by atoms with Gasteiger partial charge in [-0.15, -0.1) is 11.3 Å². The Kier molecular flexibility index (Phi) is 23.7. The van der Waals surface area contributed by atoms with Gasteiger partial charge in [0, 0.05) is 35.1 Å². The van der Waals surface area contributed by atoms with E-state index >= 15 is 0 Å². The number of carbonyl (C=O) groups is 6. The SMILES string of the molecule is C=CC(=O)OCCCCCCOc1ccc(CCC(=O)OC2CCC(C(=O)Oc3ccc(OC(=O)C4CCC(OC(=O)CCc5ccc(OCCCCCCOC(=O)C=C)cc5)CC4)c4nc(-c5cc6ccccc6s5)ccc34)CC2)cc1. The highest BCUT2D eigenvalue weighted by atomic mass is 32.1. The van der Waals surface area contributed by atoms with Crippen LogP contribution in [0.25, 0.3) is 31.6 Å². The lowest BCUT2D eigenvalue weighted by Crippen LogP contribution is -2.30. The number of carbonyl (C=O) groups excluding carboxylic acids is 6. The van der Waals surface area contributed by atoms with Gasteiger partial charge in [-0.3, -0.25) is 19.2 Å². The van der Waals surface area contributed by atoms with E-state index in [1.165, 1.54) is 12.2 Å². The molecular weight excluding hydrogens is 1070 g/mol. The molecule has 2 aliphatic rings. The zero-order chi connectivity index (χ0) is 58.2. The molecule has 6 aromatic rings. The zero-order valence-corrected chi connectivity index (χ0v) is 48.1. The maximum Gasteiger partial charge on any atom is 0.330 e. The molecule has 0 radical (unpaired) electrons. The van der Waals surface area contributed by atoms with E-state index in [2.05, 4.69) is 31.4 Å². The molecular formula is C67H75NO14S. The third kappa shape index (κ3) is 19.4. The predicted molar refractivity (Wildman–Crippen MR) is 317 cm³/mol. The van der Waals surface area contributed by atoms with Crippen LogP contribution in [0.1, 0.15) is 127 Å². The Hall–Kier alpha value is -7.85. The van der Waals surface area contributed by atoms with E-state index in [9.17, 15) is 28.8 Å². The van der Waals surface area contributed by atoms with E-state index in [1.54, 1.807) is 23.5 Å². The highest BCUT2D eigenvalue weighted by Crippen LogP contribution is 2.39. The van der Waals surface area contributed by atoms with E-state index in [4.69, 9.17) is 42.9 Å². The summed E-state index contributed by atoms with van der Waals surface area (Å²) in [6.07, 6.45) is 14.6. The molecule has 0 atom stereocenters. The molecule has 0 saturated heterocycles. The van der Waals surface area contributed by atoms with Gasteiger partial charge in [-0.25, -0.2) is 14.6 Å². The monoisotopic (exact) mass is 1150 g/mol. The molecule has 2 heterocycles. The number of fused-ring (bicyclic) bond motifs is 2. The fourth-order valence-electron chi connectivity index (χ4n) is 10.2. The Labute approximate surface area is 489 Å². The third-order valence-corrected chi connectivity index (χ3v) is 16.1. The molecule has 0 spiro atoms. The number of rotatable bonds is 31. The lowest BCUT2D eigenvalue weighted by molar-refractivity contribution is -0.153. The van der Waals surface area contributed by atoms with Gasteiger partial charge in [-0.2, -0.15) is 0 Å². The fraction of sp³-hybridized carbons (Fsp3) is 0.418. The normalized spacial score (nSPS) is 16.7. The van der Waals surface area contributed by atoms with Gasteiger partial charge in [0.25, 0.3) is 0 Å². The summed E-state index contributed by atoms with van der Waals surface area (Å²) in [6, 6.07) is 32.6. The van der Waals surface area contributed by atoms with Gasteiger partial charge in [0.05, 0.1) is 48.8 Å². The standard InChI is InChI=1S/C67H75NO14S/c1-3-61(69)77-43-13-7-5-11-41-75-51-27-17-46(18-28-51)21-39-63(71)79-53-31-23-48(24-32-53)66(73)81-57-37-38-58(65-55(57)35-36-56(68-65)60-45-50-15-9-10-16-59(50)83-60)82-67(74)49-25-33-54(34-26-49)80-64(72)40-22-47-19-29-52(30-20-47)76-42-12-6-8-14-44-78-62(70)4-2/h3-4,9-10,15-20,27-30,35-38,45,48-49,53-54H,1-2,5-8,11-14,21-26,31-34,39-44H2. The number of esters is 6. The van der Waals surface area contributed by atoms with Crippen LogP contribution in [0.5, 0.6) is 23.0 Å². The van der Waals surface area contributed by atoms with Gasteiger partial charge in [-0.1, -0.05) is 55.6 Å². The smallest absolute Gasteiger partial charge is 0.330 e. The Bertz CT molecular complexity index is 3100. The summed E-state index contributed by atoms with van der Waals surface area (Å²) < 4.78 is 46.9. The van der Waals surface area contributed by atoms with Gasteiger partial charge in [0.2, 0.25) is 0 Å². The average Bonchev–Trinajstić information content (AvgIpc) is 4.22. The Morgan fingerprint density at radius 3 is 1.48 bits per heavy atom. The number of unbranched alkanes of at least 4 members (excludes halogenated alkanes) is 6. The fourth-order valence-corrected chi connectivity index (χ4v) is 11.3. The molecule has 15 nitrogen and oxygen atoms in total. The van der Waals surface area contributed by atoms with Crippen LogP contribution in [-0.4, -0.2) is 79.4 Å². The van der Waals surface area contributed by atoms with E-state index in [0.29, 0.717) is 113 Å². The van der Waals surface area contributed by atoms with Crippen molar-refractivity contribution in [2.75, 3.05) is 26.4 Å². The Balaban J connectivity index is 0.771. The van der Waals surface area contributed by atoms with Crippen LogP contribution < -0.4 is 18.9 Å². The van der Waals surface area contributed by atoms with Crippen molar-refractivity contribution in [1.29, 1.82) is 0 Å². The first-order valence-corrected chi connectivity index (χ1v) is 30.1. The maximum absolute atomic E-state index is 13.9. The maximum atomic E-state index is 13.9. The quantitative estimate of drug-likeness (QED) is 0.0131. The van der Waals surface area contributed by atoms with Crippen LogP contribution in [0.2, 0.25) is 0 Å². The van der Waals surface area contributed by atoms with Crippen LogP contribution in [-0.2, 0) is 60.6 Å². The van der Waals surface area contributed by atoms with Crippen molar-refractivity contribution in [3.63, 3.8) is 0 Å². The van der Waals surface area contributed by atoms with Crippen molar-refractivity contribution in [3.8, 4) is 33.6 Å². The number of aryl methyl sites for hydroxylation is 2. The van der Waals surface area contributed by atoms with Crippen LogP contribution in [0.3, 0.4) is 0 Å². The Morgan fingerprint density at radius 2 is 0.988 bits per heavy atom. The molecule has 2 saturated carbocycles. The number of aromatic nitrogens is 1. The summed E-state index contributed by atoms with van der Waals surface area (Å²) in [5, 5.41) is 1.61. The lowest BCUT2D eigenvalue weighted by Gasteiger charge is -2.27. The number of pyridine rings is 1. The van der Waals surface area contributed by atoms with E-state index in [0.717, 1.165) is 89.0 Å². The van der Waals surface area contributed by atoms with Crippen molar-refractivity contribution < 1.29 is 66.7 Å². The number of benzene rings is 4. The van der Waals surface area contributed by atoms with Gasteiger partial charge in [0.15, 0.2) is 5.75 Å². The van der Waals surface area contributed by atoms with Crippen LogP contribution in [0, 0.1) is 11.8 Å².